The maximum Gasteiger partial charge on any atom is 0.320 e. The van der Waals surface area contributed by atoms with Crippen molar-refractivity contribution < 1.29 is 23.1 Å². The summed E-state index contributed by atoms with van der Waals surface area (Å²) < 4.78 is 29.4. The van der Waals surface area contributed by atoms with E-state index in [1.165, 1.54) is 13.2 Å². The van der Waals surface area contributed by atoms with E-state index in [0.29, 0.717) is 5.69 Å². The second kappa shape index (κ2) is 4.95. The molecule has 0 aliphatic carbocycles. The first-order valence-corrected chi connectivity index (χ1v) is 6.09. The molecule has 0 amide bonds. The van der Waals surface area contributed by atoms with Crippen LogP contribution < -0.4 is 9.46 Å². The smallest absolute Gasteiger partial charge is 0.320 e. The molecule has 1 aromatic rings. The monoisotopic (exact) mass is 261 g/mol. The number of carbonyl (C=O) groups is 1. The molecule has 0 saturated carbocycles. The Morgan fingerprint density at radius 1 is 1.53 bits per heavy atom. The zero-order valence-corrected chi connectivity index (χ0v) is 9.98. The molecule has 0 aromatic carbocycles. The molecule has 0 unspecified atom stereocenters. The molecule has 1 aromatic heterocycles. The van der Waals surface area contributed by atoms with Crippen molar-refractivity contribution in [3.8, 4) is 5.88 Å². The van der Waals surface area contributed by atoms with Gasteiger partial charge in [-0.05, 0) is 6.92 Å². The van der Waals surface area contributed by atoms with Crippen molar-refractivity contribution in [1.82, 2.24) is 9.97 Å². The Bertz CT molecular complexity index is 528. The molecule has 9 heteroatoms. The molecule has 94 valence electrons. The maximum atomic E-state index is 11.3. The third-order valence-corrected chi connectivity index (χ3v) is 2.72. The van der Waals surface area contributed by atoms with Crippen molar-refractivity contribution in [3.05, 3.63) is 11.8 Å². The van der Waals surface area contributed by atoms with Gasteiger partial charge in [0.25, 0.3) is 0 Å². The van der Waals surface area contributed by atoms with E-state index in [9.17, 15) is 13.2 Å². The largest absolute Gasteiger partial charge is 0.481 e. The van der Waals surface area contributed by atoms with Crippen molar-refractivity contribution in [2.45, 2.75) is 6.92 Å². The summed E-state index contributed by atoms with van der Waals surface area (Å²) in [5.74, 6) is -2.54. The molecular weight excluding hydrogens is 250 g/mol. The van der Waals surface area contributed by atoms with E-state index >= 15 is 0 Å². The number of aliphatic carboxylic acids is 1. The summed E-state index contributed by atoms with van der Waals surface area (Å²) in [7, 11) is -2.63. The lowest BCUT2D eigenvalue weighted by molar-refractivity contribution is -0.134. The van der Waals surface area contributed by atoms with Crippen molar-refractivity contribution in [3.63, 3.8) is 0 Å². The van der Waals surface area contributed by atoms with Gasteiger partial charge in [-0.15, -0.1) is 0 Å². The molecule has 0 spiro atoms. The van der Waals surface area contributed by atoms with Crippen LogP contribution >= 0.6 is 0 Å². The van der Waals surface area contributed by atoms with Gasteiger partial charge in [0.15, 0.2) is 5.75 Å². The van der Waals surface area contributed by atoms with Gasteiger partial charge in [0.1, 0.15) is 0 Å². The van der Waals surface area contributed by atoms with E-state index < -0.39 is 21.7 Å². The van der Waals surface area contributed by atoms with E-state index in [2.05, 4.69) is 9.97 Å². The Morgan fingerprint density at radius 2 is 2.18 bits per heavy atom. The molecule has 0 aliphatic rings. The lowest BCUT2D eigenvalue weighted by Crippen LogP contribution is -2.23. The fraction of sp³-hybridized carbons (Fsp3) is 0.375. The lowest BCUT2D eigenvalue weighted by Gasteiger charge is -2.06. The van der Waals surface area contributed by atoms with Crippen LogP contribution in [0.1, 0.15) is 5.69 Å². The molecule has 8 nitrogen and oxygen atoms in total. The van der Waals surface area contributed by atoms with Crippen LogP contribution in [0.4, 0.5) is 5.95 Å². The molecule has 1 rings (SSSR count). The summed E-state index contributed by atoms with van der Waals surface area (Å²) in [5, 5.41) is 8.40. The lowest BCUT2D eigenvalue weighted by atomic mass is 10.4. The number of methoxy groups -OCH3 is 1. The van der Waals surface area contributed by atoms with Gasteiger partial charge in [-0.2, -0.15) is 4.98 Å². The molecule has 1 heterocycles. The van der Waals surface area contributed by atoms with Gasteiger partial charge in [0, 0.05) is 11.8 Å². The number of sulfonamides is 1. The zero-order chi connectivity index (χ0) is 13.1. The number of rotatable bonds is 5. The van der Waals surface area contributed by atoms with Gasteiger partial charge in [-0.1, -0.05) is 0 Å². The summed E-state index contributed by atoms with van der Waals surface area (Å²) in [6.07, 6.45) is 0. The van der Waals surface area contributed by atoms with Crippen molar-refractivity contribution in [2.24, 2.45) is 0 Å². The minimum absolute atomic E-state index is 0.186. The second-order valence-corrected chi connectivity index (χ2v) is 4.85. The second-order valence-electron chi connectivity index (χ2n) is 3.13. The van der Waals surface area contributed by atoms with Gasteiger partial charge in [0.2, 0.25) is 21.9 Å². The van der Waals surface area contributed by atoms with E-state index in [1.54, 1.807) is 6.92 Å². The van der Waals surface area contributed by atoms with Crippen molar-refractivity contribution in [1.29, 1.82) is 0 Å². The van der Waals surface area contributed by atoms with Crippen molar-refractivity contribution >= 4 is 21.9 Å². The average molecular weight is 261 g/mol. The van der Waals surface area contributed by atoms with Gasteiger partial charge in [-0.3, -0.25) is 9.52 Å². The molecule has 0 fully saturated rings. The van der Waals surface area contributed by atoms with Gasteiger partial charge >= 0.3 is 5.97 Å². The van der Waals surface area contributed by atoms with E-state index in [0.717, 1.165) is 0 Å². The standard InChI is InChI=1S/C8H11N3O5S/c1-5-3-6(16-2)10-8(9-5)11-17(14,15)4-7(12)13/h3H,4H2,1-2H3,(H,12,13)(H,9,10,11). The Hall–Kier alpha value is -1.90. The van der Waals surface area contributed by atoms with Crippen LogP contribution in [0.15, 0.2) is 6.07 Å². The van der Waals surface area contributed by atoms with E-state index in [4.69, 9.17) is 9.84 Å². The number of nitrogens with one attached hydrogen (secondary N) is 1. The van der Waals surface area contributed by atoms with Crippen LogP contribution in [0.2, 0.25) is 0 Å². The third kappa shape index (κ3) is 4.23. The number of nitrogens with zero attached hydrogens (tertiary/aromatic N) is 2. The van der Waals surface area contributed by atoms with Crippen LogP contribution in [0.25, 0.3) is 0 Å². The number of carboxylic acids is 1. The Morgan fingerprint density at radius 3 is 2.71 bits per heavy atom. The molecule has 0 atom stereocenters. The summed E-state index contributed by atoms with van der Waals surface area (Å²) >= 11 is 0. The first kappa shape index (κ1) is 13.2. The molecular formula is C8H11N3O5S. The number of ether oxygens (including phenoxy) is 1. The highest BCUT2D eigenvalue weighted by Crippen LogP contribution is 2.12. The molecule has 0 radical (unpaired) electrons. The number of anilines is 1. The number of aromatic nitrogens is 2. The van der Waals surface area contributed by atoms with Crippen LogP contribution in [0.5, 0.6) is 5.88 Å². The highest BCUT2D eigenvalue weighted by atomic mass is 32.2. The normalized spacial score (nSPS) is 10.9. The number of carboxylic acid groups (broad SMARTS) is 1. The minimum Gasteiger partial charge on any atom is -0.481 e. The maximum absolute atomic E-state index is 11.3. The fourth-order valence-corrected chi connectivity index (χ4v) is 1.79. The van der Waals surface area contributed by atoms with Gasteiger partial charge in [0.05, 0.1) is 7.11 Å². The molecule has 2 N–H and O–H groups in total. The van der Waals surface area contributed by atoms with Crippen LogP contribution in [-0.4, -0.2) is 42.3 Å². The zero-order valence-electron chi connectivity index (χ0n) is 9.17. The summed E-state index contributed by atoms with van der Waals surface area (Å²) in [6.45, 7) is 1.62. The Labute approximate surface area is 97.7 Å². The molecule has 17 heavy (non-hydrogen) atoms. The fourth-order valence-electron chi connectivity index (χ4n) is 1.03. The quantitative estimate of drug-likeness (QED) is 0.741. The van der Waals surface area contributed by atoms with Crippen molar-refractivity contribution in [2.75, 3.05) is 17.6 Å². The first-order chi connectivity index (χ1) is 7.82. The van der Waals surface area contributed by atoms with E-state index in [-0.39, 0.29) is 11.8 Å². The van der Waals surface area contributed by atoms with E-state index in [1.807, 2.05) is 4.72 Å². The van der Waals surface area contributed by atoms with Gasteiger partial charge < -0.3 is 9.84 Å². The van der Waals surface area contributed by atoms with Crippen LogP contribution in [-0.2, 0) is 14.8 Å². The highest BCUT2D eigenvalue weighted by molar-refractivity contribution is 7.93. The summed E-state index contributed by atoms with van der Waals surface area (Å²) in [4.78, 5) is 17.8. The topological polar surface area (TPSA) is 118 Å². The number of hydrogen-bond acceptors (Lipinski definition) is 6. The van der Waals surface area contributed by atoms with Crippen LogP contribution in [0, 0.1) is 6.92 Å². The Kier molecular flexibility index (Phi) is 3.84. The highest BCUT2D eigenvalue weighted by Gasteiger charge is 2.17. The van der Waals surface area contributed by atoms with Gasteiger partial charge in [-0.25, -0.2) is 13.4 Å². The Balaban J connectivity index is 2.95. The molecule has 0 bridgehead atoms. The minimum atomic E-state index is -4.01. The van der Waals surface area contributed by atoms with Crippen LogP contribution in [0.3, 0.4) is 0 Å². The predicted octanol–water partition coefficient (Wildman–Crippen LogP) is -0.380. The molecule has 0 aliphatic heterocycles. The summed E-state index contributed by atoms with van der Waals surface area (Å²) in [6, 6.07) is 1.51. The third-order valence-electron chi connectivity index (χ3n) is 1.60. The number of aryl methyl sites for hydroxylation is 1. The first-order valence-electron chi connectivity index (χ1n) is 4.44. The SMILES string of the molecule is COc1cc(C)nc(NS(=O)(=O)CC(=O)O)n1. The predicted molar refractivity (Wildman–Crippen MR) is 58.4 cm³/mol. The summed E-state index contributed by atoms with van der Waals surface area (Å²) in [5.41, 5.74) is 0.491. The molecule has 0 saturated heterocycles. The average Bonchev–Trinajstić information content (AvgIpc) is 2.13. The number of hydrogen-bond donors (Lipinski definition) is 2.